The lowest BCUT2D eigenvalue weighted by molar-refractivity contribution is 0.586. The van der Waals surface area contributed by atoms with Gasteiger partial charge in [0.2, 0.25) is 5.95 Å². The first kappa shape index (κ1) is 16.4. The molecule has 0 aliphatic carbocycles. The fourth-order valence-corrected chi connectivity index (χ4v) is 2.29. The summed E-state index contributed by atoms with van der Waals surface area (Å²) in [4.78, 5) is 8.27. The van der Waals surface area contributed by atoms with Crippen LogP contribution in [-0.2, 0) is 0 Å². The molecule has 0 aliphatic rings. The Bertz CT molecular complexity index is 890. The number of rotatable bonds is 4. The van der Waals surface area contributed by atoms with Gasteiger partial charge in [-0.15, -0.1) is 0 Å². The Labute approximate surface area is 146 Å². The van der Waals surface area contributed by atoms with Crippen LogP contribution in [0.1, 0.15) is 0 Å². The van der Waals surface area contributed by atoms with Crippen LogP contribution in [0.3, 0.4) is 0 Å². The van der Waals surface area contributed by atoms with E-state index in [0.29, 0.717) is 21.6 Å². The SMILES string of the molecule is Fc1ccc(Nc2ccnc(Nc3cccc(Cl)c3Cl)n2)c(F)c1. The molecular weight excluding hydrogens is 357 g/mol. The van der Waals surface area contributed by atoms with E-state index in [1.165, 1.54) is 12.3 Å². The van der Waals surface area contributed by atoms with Gasteiger partial charge < -0.3 is 10.6 Å². The number of nitrogens with zero attached hydrogens (tertiary/aromatic N) is 2. The van der Waals surface area contributed by atoms with Gasteiger partial charge in [0.1, 0.15) is 17.5 Å². The molecular formula is C16H10Cl2F2N4. The van der Waals surface area contributed by atoms with Crippen molar-refractivity contribution in [2.45, 2.75) is 0 Å². The quantitative estimate of drug-likeness (QED) is 0.635. The maximum atomic E-state index is 13.7. The van der Waals surface area contributed by atoms with E-state index < -0.39 is 11.6 Å². The predicted molar refractivity (Wildman–Crippen MR) is 91.4 cm³/mol. The van der Waals surface area contributed by atoms with Crippen molar-refractivity contribution in [3.05, 3.63) is 70.3 Å². The Kier molecular flexibility index (Phi) is 4.78. The zero-order valence-corrected chi connectivity index (χ0v) is 13.5. The molecule has 0 bridgehead atoms. The summed E-state index contributed by atoms with van der Waals surface area (Å²) in [5, 5.41) is 6.42. The van der Waals surface area contributed by atoms with Crippen molar-refractivity contribution in [2.75, 3.05) is 10.6 Å². The second kappa shape index (κ2) is 6.98. The second-order valence-electron chi connectivity index (χ2n) is 4.74. The third-order valence-corrected chi connectivity index (χ3v) is 3.87. The minimum absolute atomic E-state index is 0.0989. The average molecular weight is 367 g/mol. The van der Waals surface area contributed by atoms with Crippen molar-refractivity contribution in [3.8, 4) is 0 Å². The highest BCUT2D eigenvalue weighted by molar-refractivity contribution is 6.43. The number of hydrogen-bond acceptors (Lipinski definition) is 4. The number of benzene rings is 2. The van der Waals surface area contributed by atoms with Crippen LogP contribution in [0.15, 0.2) is 48.7 Å². The van der Waals surface area contributed by atoms with E-state index in [0.717, 1.165) is 12.1 Å². The molecule has 24 heavy (non-hydrogen) atoms. The van der Waals surface area contributed by atoms with Gasteiger partial charge in [-0.2, -0.15) is 4.98 Å². The van der Waals surface area contributed by atoms with Gasteiger partial charge in [-0.25, -0.2) is 13.8 Å². The number of hydrogen-bond donors (Lipinski definition) is 2. The van der Waals surface area contributed by atoms with Crippen LogP contribution in [0.25, 0.3) is 0 Å². The van der Waals surface area contributed by atoms with Gasteiger partial charge in [0, 0.05) is 12.3 Å². The van der Waals surface area contributed by atoms with Crippen LogP contribution >= 0.6 is 23.2 Å². The van der Waals surface area contributed by atoms with Crippen LogP contribution in [0.4, 0.5) is 31.9 Å². The summed E-state index contributed by atoms with van der Waals surface area (Å²) >= 11 is 12.0. The Morgan fingerprint density at radius 1 is 0.917 bits per heavy atom. The lowest BCUT2D eigenvalue weighted by Crippen LogP contribution is -2.02. The average Bonchev–Trinajstić information content (AvgIpc) is 2.55. The molecule has 2 N–H and O–H groups in total. The van der Waals surface area contributed by atoms with E-state index in [9.17, 15) is 8.78 Å². The van der Waals surface area contributed by atoms with Crippen molar-refractivity contribution in [3.63, 3.8) is 0 Å². The number of anilines is 4. The fraction of sp³-hybridized carbons (Fsp3) is 0. The molecule has 0 saturated carbocycles. The molecule has 8 heteroatoms. The molecule has 4 nitrogen and oxygen atoms in total. The van der Waals surface area contributed by atoms with Gasteiger partial charge in [-0.1, -0.05) is 29.3 Å². The lowest BCUT2D eigenvalue weighted by atomic mass is 10.3. The Hall–Kier alpha value is -2.44. The van der Waals surface area contributed by atoms with E-state index in [-0.39, 0.29) is 11.6 Å². The van der Waals surface area contributed by atoms with Crippen LogP contribution < -0.4 is 10.6 Å². The monoisotopic (exact) mass is 366 g/mol. The van der Waals surface area contributed by atoms with Crippen molar-refractivity contribution < 1.29 is 8.78 Å². The molecule has 0 fully saturated rings. The summed E-state index contributed by atoms with van der Waals surface area (Å²) in [7, 11) is 0. The molecule has 0 atom stereocenters. The first-order chi connectivity index (χ1) is 11.5. The first-order valence-corrected chi connectivity index (χ1v) is 7.54. The standard InChI is InChI=1S/C16H10Cl2F2N4/c17-10-2-1-3-13(15(10)18)23-16-21-7-6-14(24-16)22-12-5-4-9(19)8-11(12)20/h1-8H,(H2,21,22,23,24). The molecule has 1 aromatic heterocycles. The molecule has 0 amide bonds. The van der Waals surface area contributed by atoms with Crippen LogP contribution in [0.2, 0.25) is 10.0 Å². The molecule has 3 rings (SSSR count). The minimum atomic E-state index is -0.721. The third-order valence-electron chi connectivity index (χ3n) is 3.05. The second-order valence-corrected chi connectivity index (χ2v) is 5.53. The van der Waals surface area contributed by atoms with Crippen LogP contribution in [0.5, 0.6) is 0 Å². The first-order valence-electron chi connectivity index (χ1n) is 6.79. The Balaban J connectivity index is 1.82. The van der Waals surface area contributed by atoms with E-state index in [1.54, 1.807) is 24.3 Å². The normalized spacial score (nSPS) is 10.5. The smallest absolute Gasteiger partial charge is 0.229 e. The molecule has 0 saturated heterocycles. The fourth-order valence-electron chi connectivity index (χ4n) is 1.94. The number of halogens is 4. The van der Waals surface area contributed by atoms with E-state index >= 15 is 0 Å². The molecule has 0 spiro atoms. The molecule has 0 radical (unpaired) electrons. The van der Waals surface area contributed by atoms with Gasteiger partial charge in [0.15, 0.2) is 0 Å². The van der Waals surface area contributed by atoms with Crippen molar-refractivity contribution >= 4 is 46.3 Å². The molecule has 3 aromatic rings. The number of nitrogens with one attached hydrogen (secondary N) is 2. The van der Waals surface area contributed by atoms with Gasteiger partial charge in [0.05, 0.1) is 21.4 Å². The Morgan fingerprint density at radius 2 is 1.75 bits per heavy atom. The molecule has 0 aliphatic heterocycles. The molecule has 0 unspecified atom stereocenters. The van der Waals surface area contributed by atoms with Crippen molar-refractivity contribution in [2.24, 2.45) is 0 Å². The maximum Gasteiger partial charge on any atom is 0.229 e. The maximum absolute atomic E-state index is 13.7. The summed E-state index contributed by atoms with van der Waals surface area (Å²) in [6, 6.07) is 9.88. The van der Waals surface area contributed by atoms with E-state index in [1.807, 2.05) is 0 Å². The van der Waals surface area contributed by atoms with Gasteiger partial charge in [-0.05, 0) is 30.3 Å². The summed E-state index contributed by atoms with van der Waals surface area (Å²) in [5.74, 6) is -0.803. The summed E-state index contributed by atoms with van der Waals surface area (Å²) < 4.78 is 26.6. The summed E-state index contributed by atoms with van der Waals surface area (Å²) in [6.07, 6.45) is 1.48. The lowest BCUT2D eigenvalue weighted by Gasteiger charge is -2.10. The summed E-state index contributed by atoms with van der Waals surface area (Å²) in [6.45, 7) is 0. The highest BCUT2D eigenvalue weighted by Crippen LogP contribution is 2.31. The molecule has 2 aromatic carbocycles. The van der Waals surface area contributed by atoms with Crippen LogP contribution in [-0.4, -0.2) is 9.97 Å². The zero-order chi connectivity index (χ0) is 17.1. The predicted octanol–water partition coefficient (Wildman–Crippen LogP) is 5.55. The van der Waals surface area contributed by atoms with E-state index in [2.05, 4.69) is 20.6 Å². The topological polar surface area (TPSA) is 49.8 Å². The Morgan fingerprint density at radius 3 is 2.54 bits per heavy atom. The summed E-state index contributed by atoms with van der Waals surface area (Å²) in [5.41, 5.74) is 0.635. The molecule has 1 heterocycles. The third kappa shape index (κ3) is 3.72. The molecule has 122 valence electrons. The van der Waals surface area contributed by atoms with Gasteiger partial charge >= 0.3 is 0 Å². The minimum Gasteiger partial charge on any atom is -0.338 e. The van der Waals surface area contributed by atoms with Gasteiger partial charge in [0.25, 0.3) is 0 Å². The number of aromatic nitrogens is 2. The highest BCUT2D eigenvalue weighted by atomic mass is 35.5. The zero-order valence-electron chi connectivity index (χ0n) is 12.0. The highest BCUT2D eigenvalue weighted by Gasteiger charge is 2.08. The van der Waals surface area contributed by atoms with Crippen molar-refractivity contribution in [1.82, 2.24) is 9.97 Å². The van der Waals surface area contributed by atoms with Crippen molar-refractivity contribution in [1.29, 1.82) is 0 Å². The van der Waals surface area contributed by atoms with Crippen LogP contribution in [0, 0.1) is 11.6 Å². The largest absolute Gasteiger partial charge is 0.338 e. The van der Waals surface area contributed by atoms with Gasteiger partial charge in [-0.3, -0.25) is 0 Å². The van der Waals surface area contributed by atoms with E-state index in [4.69, 9.17) is 23.2 Å².